The summed E-state index contributed by atoms with van der Waals surface area (Å²) in [5.41, 5.74) is 3.81. The second kappa shape index (κ2) is 6.04. The normalized spacial score (nSPS) is 26.5. The minimum absolute atomic E-state index is 0.177. The minimum atomic E-state index is 0.177. The molecule has 5 heteroatoms. The number of carbonyl (C=O) groups excluding carboxylic acids is 1. The van der Waals surface area contributed by atoms with Crippen LogP contribution >= 0.6 is 11.3 Å². The highest BCUT2D eigenvalue weighted by molar-refractivity contribution is 7.11. The van der Waals surface area contributed by atoms with Crippen molar-refractivity contribution in [2.24, 2.45) is 17.8 Å². The van der Waals surface area contributed by atoms with E-state index >= 15 is 0 Å². The molecular formula is C18H21N3OS. The SMILES string of the molecule is Cc1ncsc1C(=O)N1C[C@H]2CC[C@H](Cc3ccccn3)[C@H]2C1. The van der Waals surface area contributed by atoms with Gasteiger partial charge >= 0.3 is 0 Å². The molecule has 1 saturated heterocycles. The second-order valence-corrected chi connectivity index (χ2v) is 7.62. The summed E-state index contributed by atoms with van der Waals surface area (Å²) < 4.78 is 0. The van der Waals surface area contributed by atoms with Crippen LogP contribution in [0.4, 0.5) is 0 Å². The summed E-state index contributed by atoms with van der Waals surface area (Å²) in [4.78, 5) is 24.3. The van der Waals surface area contributed by atoms with Crippen molar-refractivity contribution < 1.29 is 4.79 Å². The van der Waals surface area contributed by atoms with Gasteiger partial charge in [-0.1, -0.05) is 6.07 Å². The molecular weight excluding hydrogens is 306 g/mol. The summed E-state index contributed by atoms with van der Waals surface area (Å²) in [5.74, 6) is 2.14. The van der Waals surface area contributed by atoms with Crippen LogP contribution in [0.1, 0.15) is 33.9 Å². The van der Waals surface area contributed by atoms with E-state index in [0.29, 0.717) is 17.8 Å². The Bertz CT molecular complexity index is 699. The molecule has 0 spiro atoms. The average molecular weight is 327 g/mol. The minimum Gasteiger partial charge on any atom is -0.337 e. The molecule has 3 heterocycles. The lowest BCUT2D eigenvalue weighted by Gasteiger charge is -2.20. The van der Waals surface area contributed by atoms with Crippen molar-refractivity contribution >= 4 is 17.2 Å². The number of aryl methyl sites for hydroxylation is 1. The zero-order valence-corrected chi connectivity index (χ0v) is 14.1. The van der Waals surface area contributed by atoms with Crippen molar-refractivity contribution in [3.05, 3.63) is 46.2 Å². The number of hydrogen-bond acceptors (Lipinski definition) is 4. The molecule has 4 nitrogen and oxygen atoms in total. The topological polar surface area (TPSA) is 46.1 Å². The molecule has 23 heavy (non-hydrogen) atoms. The highest BCUT2D eigenvalue weighted by Gasteiger charge is 2.44. The Morgan fingerprint density at radius 1 is 1.30 bits per heavy atom. The summed E-state index contributed by atoms with van der Waals surface area (Å²) in [6.07, 6.45) is 5.43. The van der Waals surface area contributed by atoms with Crippen LogP contribution in [-0.4, -0.2) is 33.9 Å². The van der Waals surface area contributed by atoms with E-state index in [2.05, 4.69) is 27.0 Å². The van der Waals surface area contributed by atoms with E-state index in [1.165, 1.54) is 29.9 Å². The van der Waals surface area contributed by atoms with Gasteiger partial charge in [0.1, 0.15) is 4.88 Å². The van der Waals surface area contributed by atoms with Gasteiger partial charge in [-0.15, -0.1) is 11.3 Å². The molecule has 4 rings (SSSR count). The number of pyridine rings is 1. The van der Waals surface area contributed by atoms with Gasteiger partial charge in [-0.2, -0.15) is 0 Å². The van der Waals surface area contributed by atoms with Gasteiger partial charge in [0, 0.05) is 25.0 Å². The molecule has 120 valence electrons. The van der Waals surface area contributed by atoms with Crippen LogP contribution in [-0.2, 0) is 6.42 Å². The predicted molar refractivity (Wildman–Crippen MR) is 90.4 cm³/mol. The quantitative estimate of drug-likeness (QED) is 0.870. The summed E-state index contributed by atoms with van der Waals surface area (Å²) >= 11 is 1.46. The maximum atomic E-state index is 12.7. The van der Waals surface area contributed by atoms with Crippen LogP contribution in [0.2, 0.25) is 0 Å². The molecule has 2 aromatic heterocycles. The van der Waals surface area contributed by atoms with Crippen LogP contribution in [0, 0.1) is 24.7 Å². The fourth-order valence-electron chi connectivity index (χ4n) is 4.24. The Kier molecular flexibility index (Phi) is 3.89. The molecule has 0 unspecified atom stereocenters. The Labute approximate surface area is 140 Å². The first-order valence-corrected chi connectivity index (χ1v) is 9.19. The Hall–Kier alpha value is -1.75. The van der Waals surface area contributed by atoms with Crippen LogP contribution in [0.3, 0.4) is 0 Å². The molecule has 3 atom stereocenters. The van der Waals surface area contributed by atoms with Crippen molar-refractivity contribution in [1.29, 1.82) is 0 Å². The molecule has 0 N–H and O–H groups in total. The zero-order valence-electron chi connectivity index (χ0n) is 13.3. The fraction of sp³-hybridized carbons (Fsp3) is 0.500. The maximum absolute atomic E-state index is 12.7. The number of fused-ring (bicyclic) bond motifs is 1. The number of thiazole rings is 1. The Morgan fingerprint density at radius 2 is 2.22 bits per heavy atom. The third-order valence-corrected chi connectivity index (χ3v) is 6.35. The van der Waals surface area contributed by atoms with Gasteiger partial charge in [-0.3, -0.25) is 9.78 Å². The second-order valence-electron chi connectivity index (χ2n) is 6.76. The lowest BCUT2D eigenvalue weighted by molar-refractivity contribution is 0.0780. The van der Waals surface area contributed by atoms with Crippen molar-refractivity contribution in [2.45, 2.75) is 26.2 Å². The van der Waals surface area contributed by atoms with Gasteiger partial charge in [0.25, 0.3) is 5.91 Å². The third kappa shape index (κ3) is 2.78. The largest absolute Gasteiger partial charge is 0.337 e. The molecule has 1 amide bonds. The number of nitrogens with zero attached hydrogens (tertiary/aromatic N) is 3. The summed E-state index contributed by atoms with van der Waals surface area (Å²) in [6.45, 7) is 3.74. The van der Waals surface area contributed by atoms with E-state index < -0.39 is 0 Å². The third-order valence-electron chi connectivity index (χ3n) is 5.43. The highest BCUT2D eigenvalue weighted by Crippen LogP contribution is 2.44. The van der Waals surface area contributed by atoms with Crippen LogP contribution in [0.15, 0.2) is 29.9 Å². The zero-order chi connectivity index (χ0) is 15.8. The molecule has 2 aromatic rings. The van der Waals surface area contributed by atoms with E-state index in [1.807, 2.05) is 19.2 Å². The molecule has 1 aliphatic heterocycles. The molecule has 1 aliphatic carbocycles. The summed E-state index contributed by atoms with van der Waals surface area (Å²) in [6, 6.07) is 6.14. The van der Waals surface area contributed by atoms with Gasteiger partial charge in [0.2, 0.25) is 0 Å². The van der Waals surface area contributed by atoms with Gasteiger partial charge in [0.15, 0.2) is 0 Å². The molecule has 0 aromatic carbocycles. The summed E-state index contributed by atoms with van der Waals surface area (Å²) in [7, 11) is 0. The number of amides is 1. The molecule has 2 aliphatic rings. The van der Waals surface area contributed by atoms with Crippen LogP contribution in [0.5, 0.6) is 0 Å². The molecule has 0 bridgehead atoms. The van der Waals surface area contributed by atoms with Gasteiger partial charge in [-0.25, -0.2) is 4.98 Å². The average Bonchev–Trinajstić information content (AvgIpc) is 3.25. The number of rotatable bonds is 3. The van der Waals surface area contributed by atoms with Crippen molar-refractivity contribution in [2.75, 3.05) is 13.1 Å². The fourth-order valence-corrected chi connectivity index (χ4v) is 5.01. The van der Waals surface area contributed by atoms with E-state index in [9.17, 15) is 4.79 Å². The number of carbonyl (C=O) groups is 1. The van der Waals surface area contributed by atoms with Gasteiger partial charge in [-0.05, 0) is 56.1 Å². The van der Waals surface area contributed by atoms with Crippen molar-refractivity contribution in [1.82, 2.24) is 14.9 Å². The van der Waals surface area contributed by atoms with E-state index in [1.54, 1.807) is 5.51 Å². The molecule has 1 saturated carbocycles. The maximum Gasteiger partial charge on any atom is 0.265 e. The number of aromatic nitrogens is 2. The highest BCUT2D eigenvalue weighted by atomic mass is 32.1. The van der Waals surface area contributed by atoms with Crippen LogP contribution in [0.25, 0.3) is 0 Å². The first-order valence-electron chi connectivity index (χ1n) is 8.31. The lowest BCUT2D eigenvalue weighted by atomic mass is 9.89. The predicted octanol–water partition coefficient (Wildman–Crippen LogP) is 3.19. The standard InChI is InChI=1S/C18H21N3OS/c1-12-17(23-11-20-12)18(22)21-9-14-6-5-13(16(14)10-21)8-15-4-2-3-7-19-15/h2-4,7,11,13-14,16H,5-6,8-10H2,1H3/t13-,14-,16-/m1/s1. The van der Waals surface area contributed by atoms with E-state index in [0.717, 1.165) is 30.1 Å². The molecule has 2 fully saturated rings. The van der Waals surface area contributed by atoms with Crippen molar-refractivity contribution in [3.63, 3.8) is 0 Å². The Morgan fingerprint density at radius 3 is 2.96 bits per heavy atom. The van der Waals surface area contributed by atoms with Crippen LogP contribution < -0.4 is 0 Å². The first kappa shape index (κ1) is 14.8. The smallest absolute Gasteiger partial charge is 0.265 e. The van der Waals surface area contributed by atoms with Gasteiger partial charge < -0.3 is 4.90 Å². The lowest BCUT2D eigenvalue weighted by Crippen LogP contribution is -2.30. The van der Waals surface area contributed by atoms with Crippen molar-refractivity contribution in [3.8, 4) is 0 Å². The van der Waals surface area contributed by atoms with E-state index in [-0.39, 0.29) is 5.91 Å². The first-order chi connectivity index (χ1) is 11.2. The molecule has 0 radical (unpaired) electrons. The van der Waals surface area contributed by atoms with E-state index in [4.69, 9.17) is 0 Å². The summed E-state index contributed by atoms with van der Waals surface area (Å²) in [5, 5.41) is 0. The monoisotopic (exact) mass is 327 g/mol. The number of hydrogen-bond donors (Lipinski definition) is 0. The van der Waals surface area contributed by atoms with Gasteiger partial charge in [0.05, 0.1) is 11.2 Å². The Balaban J connectivity index is 1.45. The number of likely N-dealkylation sites (tertiary alicyclic amines) is 1.